The van der Waals surface area contributed by atoms with Crippen LogP contribution in [0.4, 0.5) is 4.79 Å². The maximum Gasteiger partial charge on any atom is 0.451 e. The van der Waals surface area contributed by atoms with Crippen LogP contribution in [0, 0.1) is 6.92 Å². The van der Waals surface area contributed by atoms with Crippen molar-refractivity contribution < 1.29 is 14.1 Å². The van der Waals surface area contributed by atoms with Crippen LogP contribution in [0.2, 0.25) is 0 Å². The molecule has 0 aliphatic heterocycles. The lowest BCUT2D eigenvalue weighted by atomic mass is 10.5. The Kier molecular flexibility index (Phi) is 2.32. The second kappa shape index (κ2) is 3.25. The van der Waals surface area contributed by atoms with E-state index < -0.39 is 11.7 Å². The molecule has 66 valence electrons. The van der Waals surface area contributed by atoms with Gasteiger partial charge in [-0.1, -0.05) is 4.74 Å². The minimum atomic E-state index is -0.782. The predicted molar refractivity (Wildman–Crippen MR) is 40.1 cm³/mol. The lowest BCUT2D eigenvalue weighted by molar-refractivity contribution is 0.122. The molecule has 0 unspecified atom stereocenters. The zero-order chi connectivity index (χ0) is 9.14. The molecule has 0 radical (unpaired) electrons. The zero-order valence-electron chi connectivity index (χ0n) is 6.86. The lowest BCUT2D eigenvalue weighted by Gasteiger charge is -1.97. The van der Waals surface area contributed by atoms with Crippen molar-refractivity contribution in [2.75, 3.05) is 6.61 Å². The zero-order valence-corrected chi connectivity index (χ0v) is 6.86. The summed E-state index contributed by atoms with van der Waals surface area (Å²) in [5.74, 6) is 0.382. The third-order valence-corrected chi connectivity index (χ3v) is 1.20. The maximum atomic E-state index is 10.9. The van der Waals surface area contributed by atoms with E-state index in [1.807, 2.05) is 0 Å². The first-order chi connectivity index (χ1) is 5.65. The van der Waals surface area contributed by atoms with Crippen molar-refractivity contribution in [2.45, 2.75) is 13.8 Å². The fourth-order valence-electron chi connectivity index (χ4n) is 0.757. The topological polar surface area (TPSA) is 61.4 Å². The highest BCUT2D eigenvalue weighted by Crippen LogP contribution is 1.93. The third-order valence-electron chi connectivity index (χ3n) is 1.20. The van der Waals surface area contributed by atoms with Crippen LogP contribution in [-0.4, -0.2) is 17.4 Å². The monoisotopic (exact) mass is 171 g/mol. The van der Waals surface area contributed by atoms with E-state index in [0.29, 0.717) is 10.5 Å². The van der Waals surface area contributed by atoms with Crippen LogP contribution in [0.3, 0.4) is 0 Å². The molecule has 0 spiro atoms. The number of aromatic nitrogens is 1. The number of aryl methyl sites for hydroxylation is 1. The molecule has 5 nitrogen and oxygen atoms in total. The smallest absolute Gasteiger partial charge is 0.447 e. The molecule has 0 saturated carbocycles. The number of carbonyl (C=O) groups is 1. The highest BCUT2D eigenvalue weighted by molar-refractivity contribution is 5.68. The number of rotatable bonds is 1. The SMILES string of the molecule is CCOC(=O)n1oc(C)cc1=O. The van der Waals surface area contributed by atoms with Crippen molar-refractivity contribution >= 4 is 6.09 Å². The Balaban J connectivity index is 2.95. The fraction of sp³-hybridized carbons (Fsp3) is 0.429. The summed E-state index contributed by atoms with van der Waals surface area (Å²) in [5.41, 5.74) is -0.508. The molecule has 0 atom stereocenters. The summed E-state index contributed by atoms with van der Waals surface area (Å²) in [6, 6.07) is 1.22. The molecule has 1 aromatic heterocycles. The van der Waals surface area contributed by atoms with Gasteiger partial charge in [0.15, 0.2) is 0 Å². The molecular weight excluding hydrogens is 162 g/mol. The van der Waals surface area contributed by atoms with Crippen LogP contribution in [-0.2, 0) is 4.74 Å². The van der Waals surface area contributed by atoms with Gasteiger partial charge in [-0.2, -0.15) is 0 Å². The van der Waals surface area contributed by atoms with Gasteiger partial charge in [-0.15, -0.1) is 0 Å². The predicted octanol–water partition coefficient (Wildman–Crippen LogP) is 0.754. The Morgan fingerprint density at radius 3 is 2.83 bits per heavy atom. The number of hydrogen-bond acceptors (Lipinski definition) is 4. The molecule has 0 aromatic carbocycles. The number of hydrogen-bond donors (Lipinski definition) is 0. The largest absolute Gasteiger partial charge is 0.451 e. The van der Waals surface area contributed by atoms with Gasteiger partial charge in [-0.3, -0.25) is 4.79 Å². The van der Waals surface area contributed by atoms with E-state index in [9.17, 15) is 9.59 Å². The van der Waals surface area contributed by atoms with E-state index in [1.165, 1.54) is 6.07 Å². The van der Waals surface area contributed by atoms with Gasteiger partial charge in [-0.25, -0.2) is 4.79 Å². The quantitative estimate of drug-likeness (QED) is 0.625. The molecule has 0 saturated heterocycles. The molecule has 0 aliphatic rings. The number of carbonyl (C=O) groups excluding carboxylic acids is 1. The summed E-state index contributed by atoms with van der Waals surface area (Å²) >= 11 is 0. The van der Waals surface area contributed by atoms with E-state index in [1.54, 1.807) is 13.8 Å². The molecule has 0 amide bonds. The summed E-state index contributed by atoms with van der Waals surface area (Å²) < 4.78 is 9.89. The molecule has 0 fully saturated rings. The highest BCUT2D eigenvalue weighted by Gasteiger charge is 2.11. The Morgan fingerprint density at radius 2 is 2.42 bits per heavy atom. The second-order valence-electron chi connectivity index (χ2n) is 2.18. The van der Waals surface area contributed by atoms with Gasteiger partial charge in [0, 0.05) is 6.07 Å². The summed E-state index contributed by atoms with van der Waals surface area (Å²) in [7, 11) is 0. The standard InChI is InChI=1S/C7H9NO4/c1-3-11-7(10)8-6(9)4-5(2)12-8/h4H,3H2,1-2H3. The molecule has 1 rings (SSSR count). The maximum absolute atomic E-state index is 10.9. The Hall–Kier alpha value is -1.52. The van der Waals surface area contributed by atoms with E-state index >= 15 is 0 Å². The van der Waals surface area contributed by atoms with Gasteiger partial charge in [0.1, 0.15) is 5.76 Å². The normalized spacial score (nSPS) is 9.83. The summed E-state index contributed by atoms with van der Waals surface area (Å²) in [4.78, 5) is 21.9. The van der Waals surface area contributed by atoms with Crippen LogP contribution in [0.25, 0.3) is 0 Å². The van der Waals surface area contributed by atoms with Gasteiger partial charge < -0.3 is 9.26 Å². The lowest BCUT2D eigenvalue weighted by Crippen LogP contribution is -2.23. The van der Waals surface area contributed by atoms with Gasteiger partial charge in [0.05, 0.1) is 6.61 Å². The van der Waals surface area contributed by atoms with E-state index in [0.717, 1.165) is 0 Å². The molecule has 0 N–H and O–H groups in total. The Morgan fingerprint density at radius 1 is 1.75 bits per heavy atom. The molecule has 0 bridgehead atoms. The van der Waals surface area contributed by atoms with Crippen molar-refractivity contribution in [3.05, 3.63) is 22.2 Å². The van der Waals surface area contributed by atoms with Crippen LogP contribution >= 0.6 is 0 Å². The van der Waals surface area contributed by atoms with Gasteiger partial charge in [0.25, 0.3) is 5.56 Å². The molecule has 0 aliphatic carbocycles. The van der Waals surface area contributed by atoms with Crippen LogP contribution < -0.4 is 5.56 Å². The fourth-order valence-corrected chi connectivity index (χ4v) is 0.757. The highest BCUT2D eigenvalue weighted by atomic mass is 16.6. The molecule has 5 heteroatoms. The van der Waals surface area contributed by atoms with Gasteiger partial charge in [-0.05, 0) is 13.8 Å². The van der Waals surface area contributed by atoms with Gasteiger partial charge in [0.2, 0.25) is 0 Å². The van der Waals surface area contributed by atoms with Crippen molar-refractivity contribution in [1.29, 1.82) is 0 Å². The van der Waals surface area contributed by atoms with Crippen molar-refractivity contribution in [1.82, 2.24) is 4.74 Å². The second-order valence-corrected chi connectivity index (χ2v) is 2.18. The van der Waals surface area contributed by atoms with E-state index in [2.05, 4.69) is 4.74 Å². The number of ether oxygens (including phenoxy) is 1. The van der Waals surface area contributed by atoms with Crippen LogP contribution in [0.15, 0.2) is 15.4 Å². The van der Waals surface area contributed by atoms with Crippen LogP contribution in [0.5, 0.6) is 0 Å². The van der Waals surface area contributed by atoms with Gasteiger partial charge >= 0.3 is 6.09 Å². The van der Waals surface area contributed by atoms with E-state index in [4.69, 9.17) is 4.52 Å². The molecule has 1 heterocycles. The van der Waals surface area contributed by atoms with Crippen molar-refractivity contribution in [3.63, 3.8) is 0 Å². The van der Waals surface area contributed by atoms with Crippen LogP contribution in [0.1, 0.15) is 12.7 Å². The Bertz CT molecular complexity index is 335. The Labute approximate surface area is 68.5 Å². The average molecular weight is 171 g/mol. The van der Waals surface area contributed by atoms with Crippen molar-refractivity contribution in [2.24, 2.45) is 0 Å². The summed E-state index contributed by atoms with van der Waals surface area (Å²) in [5, 5.41) is 0. The minimum Gasteiger partial charge on any atom is -0.447 e. The van der Waals surface area contributed by atoms with Crippen molar-refractivity contribution in [3.8, 4) is 0 Å². The molecular formula is C7H9NO4. The third kappa shape index (κ3) is 1.55. The van der Waals surface area contributed by atoms with E-state index in [-0.39, 0.29) is 6.61 Å². The summed E-state index contributed by atoms with van der Waals surface area (Å²) in [6.07, 6.45) is -0.782. The first-order valence-corrected chi connectivity index (χ1v) is 3.52. The number of nitrogens with zero attached hydrogens (tertiary/aromatic N) is 1. The first kappa shape index (κ1) is 8.58. The first-order valence-electron chi connectivity index (χ1n) is 3.52. The molecule has 1 aromatic rings. The molecule has 12 heavy (non-hydrogen) atoms. The minimum absolute atomic E-state index is 0.213. The summed E-state index contributed by atoms with van der Waals surface area (Å²) in [6.45, 7) is 3.45. The average Bonchev–Trinajstić information content (AvgIpc) is 2.30.